The molecule has 1 saturated heterocycles. The first-order valence-electron chi connectivity index (χ1n) is 10.8. The highest BCUT2D eigenvalue weighted by molar-refractivity contribution is 6.38. The Morgan fingerprint density at radius 1 is 1.13 bits per heavy atom. The number of piperidine rings is 1. The highest BCUT2D eigenvalue weighted by Gasteiger charge is 2.41. The number of aryl methyl sites for hydroxylation is 3. The molecule has 2 rings (SSSR count). The average Bonchev–Trinajstić information content (AvgIpc) is 2.73. The Morgan fingerprint density at radius 2 is 1.77 bits per heavy atom. The highest BCUT2D eigenvalue weighted by Crippen LogP contribution is 2.23. The molecule has 1 N–H and O–H groups in total. The van der Waals surface area contributed by atoms with Crippen LogP contribution in [-0.4, -0.2) is 53.5 Å². The molecule has 0 spiro atoms. The van der Waals surface area contributed by atoms with Crippen molar-refractivity contribution in [2.45, 2.75) is 72.8 Å². The largest absolute Gasteiger partial charge is 0.464 e. The van der Waals surface area contributed by atoms with Crippen molar-refractivity contribution in [3.63, 3.8) is 0 Å². The van der Waals surface area contributed by atoms with Gasteiger partial charge < -0.3 is 14.7 Å². The predicted octanol–water partition coefficient (Wildman–Crippen LogP) is 3.06. The van der Waals surface area contributed by atoms with Gasteiger partial charge in [-0.15, -0.1) is 0 Å². The van der Waals surface area contributed by atoms with Crippen molar-refractivity contribution in [1.29, 1.82) is 0 Å². The van der Waals surface area contributed by atoms with Crippen molar-refractivity contribution in [2.24, 2.45) is 5.41 Å². The molecule has 1 heterocycles. The minimum atomic E-state index is -1.16. The van der Waals surface area contributed by atoms with Crippen LogP contribution in [0.1, 0.15) is 61.8 Å². The summed E-state index contributed by atoms with van der Waals surface area (Å²) in [7, 11) is 0. The fourth-order valence-electron chi connectivity index (χ4n) is 3.73. The van der Waals surface area contributed by atoms with Crippen molar-refractivity contribution in [1.82, 2.24) is 4.90 Å². The summed E-state index contributed by atoms with van der Waals surface area (Å²) in [6.07, 6.45) is 3.56. The van der Waals surface area contributed by atoms with Crippen molar-refractivity contribution in [3.05, 3.63) is 34.4 Å². The van der Waals surface area contributed by atoms with Gasteiger partial charge in [0.05, 0.1) is 18.6 Å². The van der Waals surface area contributed by atoms with Gasteiger partial charge in [0.15, 0.2) is 0 Å². The van der Waals surface area contributed by atoms with Gasteiger partial charge in [-0.25, -0.2) is 4.79 Å². The number of carbonyl (C=O) groups is 3. The van der Waals surface area contributed by atoms with Crippen LogP contribution in [0.15, 0.2) is 12.1 Å². The zero-order valence-corrected chi connectivity index (χ0v) is 18.9. The van der Waals surface area contributed by atoms with Crippen LogP contribution in [0.2, 0.25) is 0 Å². The van der Waals surface area contributed by atoms with Gasteiger partial charge in [0, 0.05) is 6.54 Å². The SMILES string of the molecule is Cc1cc(CCCOC(=O)C2CCCCN2C(=O)C(=O)C(C)(C)CO)cc(C)c1C. The first-order valence-corrected chi connectivity index (χ1v) is 10.8. The van der Waals surface area contributed by atoms with Crippen molar-refractivity contribution >= 4 is 17.7 Å². The van der Waals surface area contributed by atoms with E-state index in [4.69, 9.17) is 4.74 Å². The fourth-order valence-corrected chi connectivity index (χ4v) is 3.73. The maximum absolute atomic E-state index is 12.7. The summed E-state index contributed by atoms with van der Waals surface area (Å²) in [5, 5.41) is 9.39. The van der Waals surface area contributed by atoms with E-state index >= 15 is 0 Å². The Balaban J connectivity index is 1.92. The molecule has 1 amide bonds. The summed E-state index contributed by atoms with van der Waals surface area (Å²) in [5.41, 5.74) is 3.87. The third-order valence-electron chi connectivity index (χ3n) is 6.08. The zero-order valence-electron chi connectivity index (χ0n) is 18.9. The van der Waals surface area contributed by atoms with E-state index in [1.165, 1.54) is 41.0 Å². The monoisotopic (exact) mass is 417 g/mol. The van der Waals surface area contributed by atoms with Crippen LogP contribution in [0.4, 0.5) is 0 Å². The van der Waals surface area contributed by atoms with Gasteiger partial charge in [0.1, 0.15) is 6.04 Å². The quantitative estimate of drug-likeness (QED) is 0.399. The topological polar surface area (TPSA) is 83.9 Å². The van der Waals surface area contributed by atoms with Gasteiger partial charge in [-0.1, -0.05) is 26.0 Å². The number of amides is 1. The summed E-state index contributed by atoms with van der Waals surface area (Å²) in [6.45, 7) is 9.57. The molecule has 6 nitrogen and oxygen atoms in total. The molecule has 6 heteroatoms. The third kappa shape index (κ3) is 5.69. The molecule has 0 aromatic heterocycles. The molecule has 0 saturated carbocycles. The van der Waals surface area contributed by atoms with Gasteiger partial charge >= 0.3 is 5.97 Å². The van der Waals surface area contributed by atoms with Gasteiger partial charge in [-0.3, -0.25) is 9.59 Å². The number of ketones is 1. The van der Waals surface area contributed by atoms with E-state index in [9.17, 15) is 19.5 Å². The van der Waals surface area contributed by atoms with E-state index in [-0.39, 0.29) is 6.61 Å². The summed E-state index contributed by atoms with van der Waals surface area (Å²) in [5.74, 6) is -1.83. The molecule has 1 atom stereocenters. The van der Waals surface area contributed by atoms with E-state index < -0.39 is 35.7 Å². The Kier molecular flexibility index (Phi) is 8.18. The molecule has 30 heavy (non-hydrogen) atoms. The number of Topliss-reactive ketones (excluding diaryl/α,β-unsaturated/α-hetero) is 1. The number of aliphatic hydroxyl groups excluding tert-OH is 1. The molecule has 0 aliphatic carbocycles. The first kappa shape index (κ1) is 24.1. The standard InChI is InChI=1S/C24H35NO5/c1-16-13-19(14-17(2)18(16)3)9-8-12-30-23(29)20-10-6-7-11-25(20)22(28)21(27)24(4,5)15-26/h13-14,20,26H,6-12,15H2,1-5H3. The lowest BCUT2D eigenvalue weighted by Gasteiger charge is -2.35. The maximum Gasteiger partial charge on any atom is 0.328 e. The summed E-state index contributed by atoms with van der Waals surface area (Å²) in [6, 6.07) is 3.61. The Bertz CT molecular complexity index is 776. The number of aliphatic hydroxyl groups is 1. The molecule has 1 aromatic carbocycles. The van der Waals surface area contributed by atoms with Gasteiger partial charge in [-0.05, 0) is 75.1 Å². The zero-order chi connectivity index (χ0) is 22.5. The van der Waals surface area contributed by atoms with Crippen LogP contribution in [0, 0.1) is 26.2 Å². The smallest absolute Gasteiger partial charge is 0.328 e. The second kappa shape index (κ2) is 10.2. The first-order chi connectivity index (χ1) is 14.1. The van der Waals surface area contributed by atoms with E-state index in [1.54, 1.807) is 0 Å². The lowest BCUT2D eigenvalue weighted by atomic mass is 9.87. The molecular formula is C24H35NO5. The molecule has 1 fully saturated rings. The van der Waals surface area contributed by atoms with Gasteiger partial charge in [0.25, 0.3) is 5.91 Å². The van der Waals surface area contributed by atoms with E-state index in [2.05, 4.69) is 32.9 Å². The number of hydrogen-bond donors (Lipinski definition) is 1. The number of ether oxygens (including phenoxy) is 1. The third-order valence-corrected chi connectivity index (χ3v) is 6.08. The average molecular weight is 418 g/mol. The number of esters is 1. The Morgan fingerprint density at radius 3 is 2.37 bits per heavy atom. The lowest BCUT2D eigenvalue weighted by Crippen LogP contribution is -2.53. The number of rotatable bonds is 8. The van der Waals surface area contributed by atoms with Gasteiger partial charge in [0.2, 0.25) is 5.78 Å². The molecule has 1 aliphatic rings. The maximum atomic E-state index is 12.7. The van der Waals surface area contributed by atoms with Crippen LogP contribution >= 0.6 is 0 Å². The number of likely N-dealkylation sites (tertiary alicyclic amines) is 1. The molecule has 1 aliphatic heterocycles. The van der Waals surface area contributed by atoms with Crippen molar-refractivity contribution < 1.29 is 24.2 Å². The fraction of sp³-hybridized carbons (Fsp3) is 0.625. The minimum absolute atomic E-state index is 0.277. The molecule has 0 radical (unpaired) electrons. The second-order valence-corrected chi connectivity index (χ2v) is 9.01. The molecule has 166 valence electrons. The van der Waals surface area contributed by atoms with Crippen LogP contribution in [0.5, 0.6) is 0 Å². The van der Waals surface area contributed by atoms with Crippen molar-refractivity contribution in [3.8, 4) is 0 Å². The normalized spacial score (nSPS) is 17.0. The van der Waals surface area contributed by atoms with Crippen LogP contribution in [0.25, 0.3) is 0 Å². The number of benzene rings is 1. The molecule has 1 unspecified atom stereocenters. The molecular weight excluding hydrogens is 382 g/mol. The number of nitrogens with zero attached hydrogens (tertiary/aromatic N) is 1. The van der Waals surface area contributed by atoms with Crippen LogP contribution in [0.3, 0.4) is 0 Å². The Labute approximate surface area is 179 Å². The second-order valence-electron chi connectivity index (χ2n) is 9.01. The van der Waals surface area contributed by atoms with Crippen LogP contribution in [-0.2, 0) is 25.5 Å². The summed E-state index contributed by atoms with van der Waals surface area (Å²) in [4.78, 5) is 39.1. The predicted molar refractivity (Wildman–Crippen MR) is 115 cm³/mol. The molecule has 0 bridgehead atoms. The Hall–Kier alpha value is -2.21. The van der Waals surface area contributed by atoms with Gasteiger partial charge in [-0.2, -0.15) is 0 Å². The lowest BCUT2D eigenvalue weighted by molar-refractivity contribution is -0.161. The number of hydrogen-bond acceptors (Lipinski definition) is 5. The number of carbonyl (C=O) groups excluding carboxylic acids is 3. The summed E-state index contributed by atoms with van der Waals surface area (Å²) < 4.78 is 5.47. The molecule has 1 aromatic rings. The summed E-state index contributed by atoms with van der Waals surface area (Å²) >= 11 is 0. The van der Waals surface area contributed by atoms with E-state index in [0.29, 0.717) is 19.4 Å². The van der Waals surface area contributed by atoms with Crippen LogP contribution < -0.4 is 0 Å². The highest BCUT2D eigenvalue weighted by atomic mass is 16.5. The minimum Gasteiger partial charge on any atom is -0.464 e. The van der Waals surface area contributed by atoms with E-state index in [0.717, 1.165) is 19.3 Å². The van der Waals surface area contributed by atoms with Crippen molar-refractivity contribution in [2.75, 3.05) is 19.8 Å². The van der Waals surface area contributed by atoms with E-state index in [1.807, 2.05) is 0 Å².